The molecule has 1 aromatic carbocycles. The molecule has 2 aliphatic carbocycles. The smallest absolute Gasteiger partial charge is 0.306 e. The summed E-state index contributed by atoms with van der Waals surface area (Å²) in [7, 11) is 0. The van der Waals surface area contributed by atoms with Crippen LogP contribution in [0, 0.1) is 23.2 Å². The number of hydrogen-bond donors (Lipinski definition) is 0. The molecule has 1 spiro atoms. The number of benzene rings is 1. The average Bonchev–Trinajstić information content (AvgIpc) is 2.94. The molecule has 1 amide bonds. The zero-order valence-corrected chi connectivity index (χ0v) is 15.6. The van der Waals surface area contributed by atoms with E-state index in [1.165, 1.54) is 11.1 Å². The molecule has 2 heterocycles. The van der Waals surface area contributed by atoms with E-state index in [4.69, 9.17) is 4.74 Å². The van der Waals surface area contributed by atoms with E-state index in [-0.39, 0.29) is 17.3 Å². The maximum Gasteiger partial charge on any atom is 0.306 e. The summed E-state index contributed by atoms with van der Waals surface area (Å²) in [5, 5.41) is 0. The molecule has 1 unspecified atom stereocenters. The number of amides is 1. The van der Waals surface area contributed by atoms with Crippen LogP contribution in [0.2, 0.25) is 0 Å². The van der Waals surface area contributed by atoms with E-state index in [1.54, 1.807) is 0 Å². The maximum absolute atomic E-state index is 12.8. The zero-order chi connectivity index (χ0) is 18.1. The highest BCUT2D eigenvalue weighted by molar-refractivity contribution is 5.82. The van der Waals surface area contributed by atoms with Crippen molar-refractivity contribution in [2.24, 2.45) is 23.2 Å². The largest absolute Gasteiger partial charge is 0.465 e. The number of ether oxygens (including phenoxy) is 1. The van der Waals surface area contributed by atoms with Crippen LogP contribution in [0.3, 0.4) is 0 Å². The van der Waals surface area contributed by atoms with Gasteiger partial charge in [-0.05, 0) is 47.6 Å². The number of carbonyl (C=O) groups is 2. The van der Waals surface area contributed by atoms with Crippen LogP contribution in [0.25, 0.3) is 0 Å². The molecule has 2 saturated carbocycles. The van der Waals surface area contributed by atoms with Crippen LogP contribution in [0.15, 0.2) is 24.3 Å². The van der Waals surface area contributed by atoms with Crippen molar-refractivity contribution in [1.82, 2.24) is 4.90 Å². The molecule has 0 N–H and O–H groups in total. The fraction of sp³-hybridized carbons (Fsp3) is 0.636. The van der Waals surface area contributed by atoms with E-state index >= 15 is 0 Å². The van der Waals surface area contributed by atoms with Gasteiger partial charge in [0.1, 0.15) is 0 Å². The van der Waals surface area contributed by atoms with Gasteiger partial charge >= 0.3 is 5.97 Å². The SMILES string of the molecule is CC(C)c1cccc(C2[C@H]3CN(C(=O)C4CC5(COC(=O)C5)C4)C[C@@H]23)c1. The molecule has 0 radical (unpaired) electrons. The fourth-order valence-corrected chi connectivity index (χ4v) is 5.65. The van der Waals surface area contributed by atoms with Crippen molar-refractivity contribution in [3.05, 3.63) is 35.4 Å². The predicted octanol–water partition coefficient (Wildman–Crippen LogP) is 3.33. The second kappa shape index (κ2) is 5.58. The summed E-state index contributed by atoms with van der Waals surface area (Å²) in [6.07, 6.45) is 2.18. The van der Waals surface area contributed by atoms with Gasteiger partial charge in [-0.15, -0.1) is 0 Å². The van der Waals surface area contributed by atoms with Crippen molar-refractivity contribution in [2.75, 3.05) is 19.7 Å². The summed E-state index contributed by atoms with van der Waals surface area (Å²) >= 11 is 0. The van der Waals surface area contributed by atoms with E-state index < -0.39 is 0 Å². The predicted molar refractivity (Wildman–Crippen MR) is 97.6 cm³/mol. The first-order chi connectivity index (χ1) is 12.5. The molecule has 3 atom stereocenters. The highest BCUT2D eigenvalue weighted by atomic mass is 16.5. The van der Waals surface area contributed by atoms with E-state index in [2.05, 4.69) is 43.0 Å². The van der Waals surface area contributed by atoms with Gasteiger partial charge in [-0.2, -0.15) is 0 Å². The van der Waals surface area contributed by atoms with Gasteiger partial charge in [-0.3, -0.25) is 9.59 Å². The molecule has 2 aliphatic heterocycles. The second-order valence-corrected chi connectivity index (χ2v) is 9.36. The average molecular weight is 353 g/mol. The number of esters is 1. The van der Waals surface area contributed by atoms with Gasteiger partial charge in [0.25, 0.3) is 0 Å². The Morgan fingerprint density at radius 1 is 1.23 bits per heavy atom. The Balaban J connectivity index is 1.18. The first-order valence-electron chi connectivity index (χ1n) is 10.00. The van der Waals surface area contributed by atoms with E-state index in [1.807, 2.05) is 0 Å². The number of rotatable bonds is 3. The Kier molecular flexibility index (Phi) is 3.51. The van der Waals surface area contributed by atoms with Crippen molar-refractivity contribution < 1.29 is 14.3 Å². The lowest BCUT2D eigenvalue weighted by Gasteiger charge is -2.43. The molecule has 5 rings (SSSR count). The maximum atomic E-state index is 12.8. The minimum atomic E-state index is -0.0928. The second-order valence-electron chi connectivity index (χ2n) is 9.36. The Hall–Kier alpha value is -1.84. The molecule has 1 aromatic rings. The quantitative estimate of drug-likeness (QED) is 0.783. The van der Waals surface area contributed by atoms with Crippen LogP contribution >= 0.6 is 0 Å². The topological polar surface area (TPSA) is 46.6 Å². The van der Waals surface area contributed by atoms with Crippen molar-refractivity contribution in [3.8, 4) is 0 Å². The molecule has 0 aromatic heterocycles. The molecular weight excluding hydrogens is 326 g/mol. The molecule has 0 bridgehead atoms. The van der Waals surface area contributed by atoms with Gasteiger partial charge < -0.3 is 9.64 Å². The standard InChI is InChI=1S/C22H27NO3/c1-13(2)14-4-3-5-15(6-14)20-17-10-23(11-18(17)20)21(25)16-7-22(8-16)9-19(24)26-12-22/h3-6,13,16-18,20H,7-12H2,1-2H3/t16?,17-,18+,20?,22?. The minimum absolute atomic E-state index is 0.0140. The van der Waals surface area contributed by atoms with E-state index in [0.717, 1.165) is 25.9 Å². The summed E-state index contributed by atoms with van der Waals surface area (Å²) in [4.78, 5) is 26.2. The number of piperidine rings is 1. The van der Waals surface area contributed by atoms with Crippen LogP contribution in [0.5, 0.6) is 0 Å². The molecule has 138 valence electrons. The summed E-state index contributed by atoms with van der Waals surface area (Å²) in [6, 6.07) is 9.02. The number of cyclic esters (lactones) is 1. The third-order valence-electron chi connectivity index (χ3n) is 7.23. The molecule has 26 heavy (non-hydrogen) atoms. The van der Waals surface area contributed by atoms with Crippen molar-refractivity contribution in [3.63, 3.8) is 0 Å². The first kappa shape index (κ1) is 16.3. The monoisotopic (exact) mass is 353 g/mol. The molecule has 4 aliphatic rings. The molecule has 2 saturated heterocycles. The lowest BCUT2D eigenvalue weighted by atomic mass is 9.61. The van der Waals surface area contributed by atoms with Crippen LogP contribution in [0.1, 0.15) is 56.1 Å². The van der Waals surface area contributed by atoms with Crippen LogP contribution in [0.4, 0.5) is 0 Å². The highest BCUT2D eigenvalue weighted by Crippen LogP contribution is 2.59. The van der Waals surface area contributed by atoms with Crippen LogP contribution in [-0.4, -0.2) is 36.5 Å². The van der Waals surface area contributed by atoms with Crippen molar-refractivity contribution >= 4 is 11.9 Å². The van der Waals surface area contributed by atoms with Gasteiger partial charge in [0.05, 0.1) is 13.0 Å². The van der Waals surface area contributed by atoms with Gasteiger partial charge in [0, 0.05) is 24.4 Å². The lowest BCUT2D eigenvalue weighted by Crippen LogP contribution is -2.47. The normalized spacial score (nSPS) is 37.7. The molecule has 4 heteroatoms. The minimum Gasteiger partial charge on any atom is -0.465 e. The van der Waals surface area contributed by atoms with Crippen molar-refractivity contribution in [1.29, 1.82) is 0 Å². The van der Waals surface area contributed by atoms with Gasteiger partial charge in [-0.1, -0.05) is 38.1 Å². The van der Waals surface area contributed by atoms with Crippen LogP contribution in [-0.2, 0) is 14.3 Å². The number of hydrogen-bond acceptors (Lipinski definition) is 3. The van der Waals surface area contributed by atoms with Gasteiger partial charge in [0.2, 0.25) is 5.91 Å². The van der Waals surface area contributed by atoms with E-state index in [9.17, 15) is 9.59 Å². The van der Waals surface area contributed by atoms with Crippen molar-refractivity contribution in [2.45, 2.75) is 44.9 Å². The van der Waals surface area contributed by atoms with Crippen LogP contribution < -0.4 is 0 Å². The highest BCUT2D eigenvalue weighted by Gasteiger charge is 2.59. The molecular formula is C22H27NO3. The molecule has 4 nitrogen and oxygen atoms in total. The number of nitrogens with zero attached hydrogens (tertiary/aromatic N) is 1. The van der Waals surface area contributed by atoms with E-state index in [0.29, 0.717) is 42.6 Å². The third-order valence-corrected chi connectivity index (χ3v) is 7.23. The zero-order valence-electron chi connectivity index (χ0n) is 15.6. The summed E-state index contributed by atoms with van der Waals surface area (Å²) in [5.74, 6) is 2.83. The Bertz CT molecular complexity index is 752. The summed E-state index contributed by atoms with van der Waals surface area (Å²) in [6.45, 7) is 6.83. The van der Waals surface area contributed by atoms with Gasteiger partial charge in [-0.25, -0.2) is 0 Å². The summed E-state index contributed by atoms with van der Waals surface area (Å²) < 4.78 is 5.11. The number of carbonyl (C=O) groups excluding carboxylic acids is 2. The molecule has 4 fully saturated rings. The fourth-order valence-electron chi connectivity index (χ4n) is 5.65. The van der Waals surface area contributed by atoms with Gasteiger partial charge in [0.15, 0.2) is 0 Å². The lowest BCUT2D eigenvalue weighted by molar-refractivity contribution is -0.143. The number of fused-ring (bicyclic) bond motifs is 1. The Labute approximate surface area is 154 Å². The summed E-state index contributed by atoms with van der Waals surface area (Å²) in [5.41, 5.74) is 2.86. The third kappa shape index (κ3) is 2.49. The number of likely N-dealkylation sites (tertiary alicyclic amines) is 1. The Morgan fingerprint density at radius 2 is 1.96 bits per heavy atom. The first-order valence-corrected chi connectivity index (χ1v) is 10.00. The Morgan fingerprint density at radius 3 is 2.58 bits per heavy atom.